The minimum atomic E-state index is -5.15. The van der Waals surface area contributed by atoms with Gasteiger partial charge < -0.3 is 14.6 Å². The van der Waals surface area contributed by atoms with Crippen molar-refractivity contribution in [2.45, 2.75) is 44.6 Å². The number of imide groups is 1. The number of hydrogen-bond acceptors (Lipinski definition) is 5. The number of nitrogens with zero attached hydrogens (tertiary/aromatic N) is 1. The summed E-state index contributed by atoms with van der Waals surface area (Å²) in [6.07, 6.45) is -7.63. The Kier molecular flexibility index (Phi) is 9.14. The molecule has 3 aliphatic rings. The third-order valence-corrected chi connectivity index (χ3v) is 10.1. The van der Waals surface area contributed by atoms with Gasteiger partial charge in [-0.15, -0.1) is 0 Å². The normalized spacial score (nSPS) is 22.3. The number of hydrogen-bond donors (Lipinski definition) is 1. The highest BCUT2D eigenvalue weighted by atomic mass is 19.4. The second kappa shape index (κ2) is 13.5. The molecule has 0 aromatic heterocycles. The molecule has 0 spiro atoms. The molecule has 0 bridgehead atoms. The minimum Gasteiger partial charge on any atom is -0.507 e. The lowest BCUT2D eigenvalue weighted by atomic mass is 9.69. The molecule has 6 nitrogen and oxygen atoms in total. The fourth-order valence-corrected chi connectivity index (χ4v) is 7.74. The first-order valence-corrected chi connectivity index (χ1v) is 16.8. The SMILES string of the molecule is C/C(=C\c1ccc(O)c2ccccc12)CC[C@H]1OC[C@H]2C1=C(COc1ccccc1)C[C@H]1C(=O)N(c3cc(C(F)(F)F)cc(C(F)(F)F)c3)C(=O)[C@H]12. The van der Waals surface area contributed by atoms with E-state index in [2.05, 4.69) is 0 Å². The number of phenols is 1. The van der Waals surface area contributed by atoms with Gasteiger partial charge in [-0.05, 0) is 84.7 Å². The number of carbonyl (C=O) groups excluding carboxylic acids is 2. The maximum absolute atomic E-state index is 14.0. The predicted molar refractivity (Wildman–Crippen MR) is 181 cm³/mol. The summed E-state index contributed by atoms with van der Waals surface area (Å²) in [7, 11) is 0. The van der Waals surface area contributed by atoms with Crippen molar-refractivity contribution >= 4 is 34.4 Å². The Bertz CT molecular complexity index is 2070. The van der Waals surface area contributed by atoms with Gasteiger partial charge in [0.05, 0.1) is 41.4 Å². The zero-order valence-corrected chi connectivity index (χ0v) is 27.8. The van der Waals surface area contributed by atoms with E-state index in [4.69, 9.17) is 9.47 Å². The van der Waals surface area contributed by atoms with Gasteiger partial charge in [0, 0.05) is 11.3 Å². The quantitative estimate of drug-likeness (QED) is 0.112. The Morgan fingerprint density at radius 2 is 1.52 bits per heavy atom. The lowest BCUT2D eigenvalue weighted by Crippen LogP contribution is -2.35. The van der Waals surface area contributed by atoms with E-state index in [1.54, 1.807) is 30.3 Å². The van der Waals surface area contributed by atoms with Crippen LogP contribution < -0.4 is 9.64 Å². The molecule has 2 fully saturated rings. The fraction of sp³-hybridized carbons (Fsp3) is 0.300. The van der Waals surface area contributed by atoms with E-state index >= 15 is 0 Å². The summed E-state index contributed by atoms with van der Waals surface area (Å²) < 4.78 is 94.8. The monoisotopic (exact) mass is 721 g/mol. The fourth-order valence-electron chi connectivity index (χ4n) is 7.74. The van der Waals surface area contributed by atoms with Gasteiger partial charge in [-0.25, -0.2) is 4.90 Å². The highest BCUT2D eigenvalue weighted by molar-refractivity contribution is 6.22. The molecular formula is C40H33F6NO5. The number of amides is 2. The number of para-hydroxylation sites is 1. The molecule has 52 heavy (non-hydrogen) atoms. The van der Waals surface area contributed by atoms with E-state index < -0.39 is 64.8 Å². The number of aromatic hydroxyl groups is 1. The van der Waals surface area contributed by atoms with Gasteiger partial charge in [0.15, 0.2) is 0 Å². The van der Waals surface area contributed by atoms with E-state index in [9.17, 15) is 41.0 Å². The molecule has 7 rings (SSSR count). The van der Waals surface area contributed by atoms with Crippen LogP contribution in [0.3, 0.4) is 0 Å². The zero-order valence-electron chi connectivity index (χ0n) is 27.8. The Balaban J connectivity index is 1.19. The van der Waals surface area contributed by atoms with Crippen LogP contribution in [0.25, 0.3) is 16.8 Å². The molecule has 2 heterocycles. The number of carbonyl (C=O) groups is 2. The molecule has 1 N–H and O–H groups in total. The second-order valence-corrected chi connectivity index (χ2v) is 13.5. The Morgan fingerprint density at radius 3 is 2.19 bits per heavy atom. The molecule has 4 aromatic rings. The third-order valence-electron chi connectivity index (χ3n) is 10.1. The second-order valence-electron chi connectivity index (χ2n) is 13.5. The number of rotatable bonds is 8. The molecule has 270 valence electrons. The Morgan fingerprint density at radius 1 is 0.865 bits per heavy atom. The van der Waals surface area contributed by atoms with Crippen LogP contribution in [0.4, 0.5) is 32.0 Å². The van der Waals surface area contributed by atoms with Crippen LogP contribution in [0.5, 0.6) is 11.5 Å². The van der Waals surface area contributed by atoms with Crippen molar-refractivity contribution in [1.82, 2.24) is 0 Å². The molecule has 2 saturated heterocycles. The molecule has 2 amide bonds. The van der Waals surface area contributed by atoms with E-state index in [1.165, 1.54) is 0 Å². The van der Waals surface area contributed by atoms with Gasteiger partial charge in [0.1, 0.15) is 18.1 Å². The van der Waals surface area contributed by atoms with Crippen LogP contribution in [0.2, 0.25) is 0 Å². The van der Waals surface area contributed by atoms with Crippen molar-refractivity contribution in [2.75, 3.05) is 18.1 Å². The summed E-state index contributed by atoms with van der Waals surface area (Å²) in [6, 6.07) is 20.7. The van der Waals surface area contributed by atoms with E-state index in [0.717, 1.165) is 27.5 Å². The average molecular weight is 722 g/mol. The lowest BCUT2D eigenvalue weighted by Gasteiger charge is -2.31. The number of benzene rings is 4. The topological polar surface area (TPSA) is 76.1 Å². The number of phenolic OH excluding ortho intramolecular Hbond substituents is 1. The van der Waals surface area contributed by atoms with Gasteiger partial charge in [0.25, 0.3) is 0 Å². The van der Waals surface area contributed by atoms with Crippen molar-refractivity contribution in [3.63, 3.8) is 0 Å². The van der Waals surface area contributed by atoms with Crippen molar-refractivity contribution < 1.29 is 50.5 Å². The smallest absolute Gasteiger partial charge is 0.416 e. The molecule has 4 aromatic carbocycles. The largest absolute Gasteiger partial charge is 0.507 e. The number of ether oxygens (including phenoxy) is 2. The summed E-state index contributed by atoms with van der Waals surface area (Å²) in [5.41, 5.74) is -0.565. The van der Waals surface area contributed by atoms with Gasteiger partial charge in [0.2, 0.25) is 11.8 Å². The maximum atomic E-state index is 14.0. The van der Waals surface area contributed by atoms with Crippen molar-refractivity contribution in [2.24, 2.45) is 17.8 Å². The van der Waals surface area contributed by atoms with Crippen LogP contribution in [0, 0.1) is 17.8 Å². The molecule has 12 heteroatoms. The van der Waals surface area contributed by atoms with Crippen molar-refractivity contribution in [3.05, 3.63) is 118 Å². The van der Waals surface area contributed by atoms with Crippen LogP contribution in [0.1, 0.15) is 42.9 Å². The van der Waals surface area contributed by atoms with Crippen LogP contribution in [-0.2, 0) is 26.7 Å². The molecule has 2 aliphatic heterocycles. The molecule has 0 saturated carbocycles. The van der Waals surface area contributed by atoms with Gasteiger partial charge >= 0.3 is 12.4 Å². The molecular weight excluding hydrogens is 688 g/mol. The third kappa shape index (κ3) is 6.67. The van der Waals surface area contributed by atoms with E-state index in [-0.39, 0.29) is 31.5 Å². The number of halogens is 6. The first-order chi connectivity index (χ1) is 24.7. The lowest BCUT2D eigenvalue weighted by molar-refractivity contribution is -0.143. The average Bonchev–Trinajstić information content (AvgIpc) is 3.64. The van der Waals surface area contributed by atoms with E-state index in [0.29, 0.717) is 41.2 Å². The maximum Gasteiger partial charge on any atom is 0.416 e. The summed E-state index contributed by atoms with van der Waals surface area (Å²) >= 11 is 0. The molecule has 1 aliphatic carbocycles. The first-order valence-electron chi connectivity index (χ1n) is 16.8. The number of alkyl halides is 6. The molecule has 0 radical (unpaired) electrons. The van der Waals surface area contributed by atoms with E-state index in [1.807, 2.05) is 49.4 Å². The van der Waals surface area contributed by atoms with Crippen LogP contribution in [-0.4, -0.2) is 36.2 Å². The van der Waals surface area contributed by atoms with Gasteiger partial charge in [-0.1, -0.05) is 60.2 Å². The van der Waals surface area contributed by atoms with Gasteiger partial charge in [-0.2, -0.15) is 26.3 Å². The number of anilines is 1. The van der Waals surface area contributed by atoms with Crippen LogP contribution >= 0.6 is 0 Å². The Labute approximate surface area is 294 Å². The number of allylic oxidation sites excluding steroid dienone is 1. The molecule has 4 atom stereocenters. The Hall–Kier alpha value is -5.10. The minimum absolute atomic E-state index is 0.0314. The first kappa shape index (κ1) is 35.3. The van der Waals surface area contributed by atoms with Crippen molar-refractivity contribution in [3.8, 4) is 11.5 Å². The molecule has 0 unspecified atom stereocenters. The predicted octanol–water partition coefficient (Wildman–Crippen LogP) is 9.37. The van der Waals surface area contributed by atoms with Crippen molar-refractivity contribution in [1.29, 1.82) is 0 Å². The van der Waals surface area contributed by atoms with Crippen LogP contribution in [0.15, 0.2) is 102 Å². The highest BCUT2D eigenvalue weighted by Gasteiger charge is 2.57. The summed E-state index contributed by atoms with van der Waals surface area (Å²) in [5, 5.41) is 11.9. The number of fused-ring (bicyclic) bond motifs is 4. The summed E-state index contributed by atoms with van der Waals surface area (Å²) in [5.74, 6) is -3.66. The summed E-state index contributed by atoms with van der Waals surface area (Å²) in [6.45, 7) is 2.07. The summed E-state index contributed by atoms with van der Waals surface area (Å²) in [4.78, 5) is 28.4. The zero-order chi connectivity index (χ0) is 36.9. The highest BCUT2D eigenvalue weighted by Crippen LogP contribution is 2.51. The standard InChI is InChI=1S/C40H33F6NO5/c1-22(15-23-12-13-33(48)30-10-6-5-9-29(23)30)11-14-34-35-24(20-51-28-7-3-2-4-8-28)16-31-36(32(35)21-52-34)38(50)47(37(31)49)27-18-25(39(41,42)43)17-26(19-27)40(44,45)46/h2-10,12-13,15,17-19,31-32,34,36,48H,11,14,16,20-21H2,1H3/b22-15+/t31-,32+,34-,36-/m1/s1. The van der Waals surface area contributed by atoms with Gasteiger partial charge in [-0.3, -0.25) is 9.59 Å².